The molecule has 0 amide bonds. The minimum atomic E-state index is 0.624. The van der Waals surface area contributed by atoms with Crippen molar-refractivity contribution in [1.29, 1.82) is 0 Å². The SMILES string of the molecule is CCCCCCCCN(C)c1cccc(CN)c1. The first-order chi connectivity index (χ1) is 8.77. The molecule has 0 unspecified atom stereocenters. The summed E-state index contributed by atoms with van der Waals surface area (Å²) < 4.78 is 0. The summed E-state index contributed by atoms with van der Waals surface area (Å²) in [6, 6.07) is 8.53. The molecule has 0 heterocycles. The molecule has 0 saturated heterocycles. The van der Waals surface area contributed by atoms with Crippen molar-refractivity contribution in [3.63, 3.8) is 0 Å². The third kappa shape index (κ3) is 5.54. The molecule has 0 radical (unpaired) electrons. The van der Waals surface area contributed by atoms with Crippen LogP contribution in [0.2, 0.25) is 0 Å². The first kappa shape index (κ1) is 15.0. The summed E-state index contributed by atoms with van der Waals surface area (Å²) in [6.07, 6.45) is 8.11. The lowest BCUT2D eigenvalue weighted by molar-refractivity contribution is 0.606. The average Bonchev–Trinajstić information content (AvgIpc) is 2.42. The Hall–Kier alpha value is -1.02. The van der Waals surface area contributed by atoms with Crippen LogP contribution in [0.3, 0.4) is 0 Å². The van der Waals surface area contributed by atoms with Crippen molar-refractivity contribution in [3.05, 3.63) is 29.8 Å². The van der Waals surface area contributed by atoms with Gasteiger partial charge in [0, 0.05) is 25.8 Å². The molecule has 0 spiro atoms. The van der Waals surface area contributed by atoms with Gasteiger partial charge in [-0.15, -0.1) is 0 Å². The molecule has 18 heavy (non-hydrogen) atoms. The Bertz CT molecular complexity index is 323. The van der Waals surface area contributed by atoms with Crippen LogP contribution in [0.25, 0.3) is 0 Å². The monoisotopic (exact) mass is 248 g/mol. The number of nitrogens with zero attached hydrogens (tertiary/aromatic N) is 1. The van der Waals surface area contributed by atoms with Crippen molar-refractivity contribution in [2.75, 3.05) is 18.5 Å². The summed E-state index contributed by atoms with van der Waals surface area (Å²) >= 11 is 0. The van der Waals surface area contributed by atoms with E-state index < -0.39 is 0 Å². The number of nitrogens with two attached hydrogens (primary N) is 1. The van der Waals surface area contributed by atoms with Crippen LogP contribution in [0.15, 0.2) is 24.3 Å². The summed E-state index contributed by atoms with van der Waals surface area (Å²) in [4.78, 5) is 2.33. The van der Waals surface area contributed by atoms with Crippen molar-refractivity contribution < 1.29 is 0 Å². The summed E-state index contributed by atoms with van der Waals surface area (Å²) in [5.41, 5.74) is 8.16. The molecule has 102 valence electrons. The number of anilines is 1. The van der Waals surface area contributed by atoms with E-state index in [1.807, 2.05) is 0 Å². The molecule has 2 nitrogen and oxygen atoms in total. The lowest BCUT2D eigenvalue weighted by Crippen LogP contribution is -2.18. The summed E-state index contributed by atoms with van der Waals surface area (Å²) in [5.74, 6) is 0. The molecule has 0 saturated carbocycles. The van der Waals surface area contributed by atoms with Gasteiger partial charge < -0.3 is 10.6 Å². The Morgan fingerprint density at radius 1 is 1.06 bits per heavy atom. The van der Waals surface area contributed by atoms with E-state index in [9.17, 15) is 0 Å². The van der Waals surface area contributed by atoms with Crippen LogP contribution in [-0.4, -0.2) is 13.6 Å². The van der Waals surface area contributed by atoms with E-state index in [2.05, 4.69) is 43.1 Å². The van der Waals surface area contributed by atoms with E-state index >= 15 is 0 Å². The second-order valence-electron chi connectivity index (χ2n) is 5.06. The molecule has 1 aromatic rings. The van der Waals surface area contributed by atoms with Crippen LogP contribution in [0.4, 0.5) is 5.69 Å². The molecule has 0 aliphatic carbocycles. The van der Waals surface area contributed by atoms with Gasteiger partial charge in [0.2, 0.25) is 0 Å². The molecule has 0 aliphatic heterocycles. The number of hydrogen-bond donors (Lipinski definition) is 1. The van der Waals surface area contributed by atoms with Crippen LogP contribution in [0, 0.1) is 0 Å². The Labute approximate surface area is 112 Å². The van der Waals surface area contributed by atoms with Crippen LogP contribution in [0.1, 0.15) is 51.0 Å². The minimum Gasteiger partial charge on any atom is -0.375 e. The fourth-order valence-electron chi connectivity index (χ4n) is 2.18. The first-order valence-corrected chi connectivity index (χ1v) is 7.28. The summed E-state index contributed by atoms with van der Waals surface area (Å²) in [5, 5.41) is 0. The highest BCUT2D eigenvalue weighted by Crippen LogP contribution is 2.15. The standard InChI is InChI=1S/C16H28N2/c1-3-4-5-6-7-8-12-18(2)16-11-9-10-15(13-16)14-17/h9-11,13H,3-8,12,14,17H2,1-2H3. The van der Waals surface area contributed by atoms with Gasteiger partial charge in [-0.2, -0.15) is 0 Å². The van der Waals surface area contributed by atoms with Gasteiger partial charge in [0.25, 0.3) is 0 Å². The van der Waals surface area contributed by atoms with E-state index in [4.69, 9.17) is 5.73 Å². The Balaban J connectivity index is 2.25. The van der Waals surface area contributed by atoms with Crippen LogP contribution in [-0.2, 0) is 6.54 Å². The van der Waals surface area contributed by atoms with Gasteiger partial charge >= 0.3 is 0 Å². The molecular formula is C16H28N2. The maximum Gasteiger partial charge on any atom is 0.0366 e. The Morgan fingerprint density at radius 3 is 2.50 bits per heavy atom. The topological polar surface area (TPSA) is 29.3 Å². The van der Waals surface area contributed by atoms with Gasteiger partial charge in [-0.3, -0.25) is 0 Å². The number of hydrogen-bond acceptors (Lipinski definition) is 2. The fourth-order valence-corrected chi connectivity index (χ4v) is 2.18. The van der Waals surface area contributed by atoms with E-state index in [1.165, 1.54) is 49.8 Å². The maximum absolute atomic E-state index is 5.67. The third-order valence-electron chi connectivity index (χ3n) is 3.43. The largest absolute Gasteiger partial charge is 0.375 e. The predicted molar refractivity (Wildman–Crippen MR) is 81.0 cm³/mol. The predicted octanol–water partition coefficient (Wildman–Crippen LogP) is 3.94. The first-order valence-electron chi connectivity index (χ1n) is 7.28. The Kier molecular flexibility index (Phi) is 7.51. The highest BCUT2D eigenvalue weighted by Gasteiger charge is 2.01. The van der Waals surface area contributed by atoms with Gasteiger partial charge in [-0.1, -0.05) is 51.2 Å². The molecule has 0 bridgehead atoms. The molecule has 2 heteroatoms. The quantitative estimate of drug-likeness (QED) is 0.671. The molecule has 0 aromatic heterocycles. The molecular weight excluding hydrogens is 220 g/mol. The number of rotatable bonds is 9. The van der Waals surface area contributed by atoms with Crippen molar-refractivity contribution in [3.8, 4) is 0 Å². The third-order valence-corrected chi connectivity index (χ3v) is 3.43. The molecule has 0 fully saturated rings. The van der Waals surface area contributed by atoms with E-state index in [0.29, 0.717) is 6.54 Å². The molecule has 2 N–H and O–H groups in total. The van der Waals surface area contributed by atoms with E-state index in [0.717, 1.165) is 6.54 Å². The lowest BCUT2D eigenvalue weighted by atomic mass is 10.1. The molecule has 0 atom stereocenters. The average molecular weight is 248 g/mol. The minimum absolute atomic E-state index is 0.624. The Morgan fingerprint density at radius 2 is 1.78 bits per heavy atom. The van der Waals surface area contributed by atoms with Crippen LogP contribution < -0.4 is 10.6 Å². The van der Waals surface area contributed by atoms with Gasteiger partial charge in [-0.25, -0.2) is 0 Å². The zero-order valence-corrected chi connectivity index (χ0v) is 12.0. The highest BCUT2D eigenvalue weighted by atomic mass is 15.1. The zero-order valence-electron chi connectivity index (χ0n) is 12.0. The lowest BCUT2D eigenvalue weighted by Gasteiger charge is -2.19. The second kappa shape index (κ2) is 8.98. The molecule has 1 aromatic carbocycles. The maximum atomic E-state index is 5.67. The van der Waals surface area contributed by atoms with Crippen molar-refractivity contribution in [2.45, 2.75) is 52.0 Å². The molecule has 1 rings (SSSR count). The normalized spacial score (nSPS) is 10.6. The van der Waals surface area contributed by atoms with Crippen LogP contribution >= 0.6 is 0 Å². The highest BCUT2D eigenvalue weighted by molar-refractivity contribution is 5.47. The van der Waals surface area contributed by atoms with Crippen LogP contribution in [0.5, 0.6) is 0 Å². The van der Waals surface area contributed by atoms with Crippen molar-refractivity contribution in [2.24, 2.45) is 5.73 Å². The van der Waals surface area contributed by atoms with Crippen molar-refractivity contribution in [1.82, 2.24) is 0 Å². The zero-order chi connectivity index (χ0) is 13.2. The van der Waals surface area contributed by atoms with Gasteiger partial charge in [0.15, 0.2) is 0 Å². The van der Waals surface area contributed by atoms with E-state index in [-0.39, 0.29) is 0 Å². The number of benzene rings is 1. The van der Waals surface area contributed by atoms with E-state index in [1.54, 1.807) is 0 Å². The summed E-state index contributed by atoms with van der Waals surface area (Å²) in [7, 11) is 2.17. The van der Waals surface area contributed by atoms with Gasteiger partial charge in [-0.05, 0) is 24.1 Å². The summed E-state index contributed by atoms with van der Waals surface area (Å²) in [6.45, 7) is 4.02. The number of unbranched alkanes of at least 4 members (excludes halogenated alkanes) is 5. The smallest absolute Gasteiger partial charge is 0.0366 e. The fraction of sp³-hybridized carbons (Fsp3) is 0.625. The van der Waals surface area contributed by atoms with Gasteiger partial charge in [0.05, 0.1) is 0 Å². The van der Waals surface area contributed by atoms with Crippen molar-refractivity contribution >= 4 is 5.69 Å². The molecule has 0 aliphatic rings. The second-order valence-corrected chi connectivity index (χ2v) is 5.06. The van der Waals surface area contributed by atoms with Gasteiger partial charge in [0.1, 0.15) is 0 Å².